The van der Waals surface area contributed by atoms with Crippen LogP contribution >= 0.6 is 11.3 Å². The van der Waals surface area contributed by atoms with Crippen LogP contribution in [0, 0.1) is 5.82 Å². The van der Waals surface area contributed by atoms with E-state index in [0.717, 1.165) is 6.29 Å². The number of halogens is 1. The Labute approximate surface area is 96.5 Å². The lowest BCUT2D eigenvalue weighted by Gasteiger charge is -2.17. The second kappa shape index (κ2) is 3.83. The Hall–Kier alpha value is -1.49. The molecule has 0 aliphatic rings. The molecule has 0 saturated heterocycles. The fourth-order valence-electron chi connectivity index (χ4n) is 1.31. The molecule has 2 rings (SSSR count). The van der Waals surface area contributed by atoms with Crippen LogP contribution in [-0.2, 0) is 10.3 Å². The van der Waals surface area contributed by atoms with Crippen molar-refractivity contribution in [2.24, 2.45) is 0 Å². The van der Waals surface area contributed by atoms with Gasteiger partial charge in [-0.3, -0.25) is 4.68 Å². The minimum absolute atomic E-state index is 0.279. The van der Waals surface area contributed by atoms with Gasteiger partial charge in [0.2, 0.25) is 0 Å². The number of nitrogens with zero attached hydrogens (tertiary/aromatic N) is 2. The maximum atomic E-state index is 13.3. The summed E-state index contributed by atoms with van der Waals surface area (Å²) < 4.78 is 14.8. The zero-order chi connectivity index (χ0) is 11.8. The van der Waals surface area contributed by atoms with E-state index in [-0.39, 0.29) is 5.82 Å². The summed E-state index contributed by atoms with van der Waals surface area (Å²) >= 11 is 1.29. The van der Waals surface area contributed by atoms with E-state index in [1.807, 2.05) is 0 Å². The smallest absolute Gasteiger partial charge is 0.147 e. The molecule has 0 fully saturated rings. The van der Waals surface area contributed by atoms with Gasteiger partial charge in [0.15, 0.2) is 0 Å². The summed E-state index contributed by atoms with van der Waals surface area (Å²) in [4.78, 5) is 10.9. The van der Waals surface area contributed by atoms with Crippen LogP contribution in [0.4, 0.5) is 4.39 Å². The third-order valence-corrected chi connectivity index (χ3v) is 3.07. The van der Waals surface area contributed by atoms with Gasteiger partial charge < -0.3 is 4.79 Å². The van der Waals surface area contributed by atoms with Crippen LogP contribution < -0.4 is 0 Å². The first-order valence-corrected chi connectivity index (χ1v) is 5.73. The standard InChI is InChI=1S/C11H11FN2OS/c1-11(2,7-15)14-4-3-10(13-14)8-5-16-6-9(8)12/h3-7H,1-2H3. The molecule has 0 saturated carbocycles. The summed E-state index contributed by atoms with van der Waals surface area (Å²) in [5.74, 6) is -0.279. The van der Waals surface area contributed by atoms with Crippen molar-refractivity contribution in [1.82, 2.24) is 9.78 Å². The molecule has 0 bridgehead atoms. The number of aromatic nitrogens is 2. The molecule has 0 unspecified atom stereocenters. The average molecular weight is 238 g/mol. The van der Waals surface area contributed by atoms with Crippen molar-refractivity contribution in [3.05, 3.63) is 28.8 Å². The molecule has 0 spiro atoms. The van der Waals surface area contributed by atoms with E-state index < -0.39 is 5.54 Å². The Morgan fingerprint density at radius 2 is 2.25 bits per heavy atom. The van der Waals surface area contributed by atoms with Crippen molar-refractivity contribution in [1.29, 1.82) is 0 Å². The Bertz CT molecular complexity index is 516. The van der Waals surface area contributed by atoms with Gasteiger partial charge in [0, 0.05) is 22.5 Å². The molecule has 5 heteroatoms. The largest absolute Gasteiger partial charge is 0.301 e. The van der Waals surface area contributed by atoms with E-state index in [4.69, 9.17) is 0 Å². The normalized spacial score (nSPS) is 11.7. The molecule has 2 aromatic rings. The van der Waals surface area contributed by atoms with Gasteiger partial charge in [-0.2, -0.15) is 5.10 Å². The number of aldehydes is 1. The van der Waals surface area contributed by atoms with Crippen LogP contribution in [0.2, 0.25) is 0 Å². The number of hydrogen-bond acceptors (Lipinski definition) is 3. The highest BCUT2D eigenvalue weighted by molar-refractivity contribution is 7.08. The number of thiophene rings is 1. The van der Waals surface area contributed by atoms with Crippen LogP contribution in [-0.4, -0.2) is 16.1 Å². The third-order valence-electron chi connectivity index (χ3n) is 2.36. The molecular weight excluding hydrogens is 227 g/mol. The molecule has 0 amide bonds. The highest BCUT2D eigenvalue weighted by Crippen LogP contribution is 2.25. The summed E-state index contributed by atoms with van der Waals surface area (Å²) in [6.45, 7) is 3.50. The topological polar surface area (TPSA) is 34.9 Å². The first kappa shape index (κ1) is 11.0. The molecule has 16 heavy (non-hydrogen) atoms. The van der Waals surface area contributed by atoms with Crippen molar-refractivity contribution < 1.29 is 9.18 Å². The van der Waals surface area contributed by atoms with Gasteiger partial charge in [0.25, 0.3) is 0 Å². The Morgan fingerprint density at radius 3 is 2.81 bits per heavy atom. The van der Waals surface area contributed by atoms with Crippen molar-refractivity contribution in [3.8, 4) is 11.3 Å². The van der Waals surface area contributed by atoms with Crippen LogP contribution in [0.25, 0.3) is 11.3 Å². The lowest BCUT2D eigenvalue weighted by atomic mass is 10.1. The van der Waals surface area contributed by atoms with Crippen LogP contribution in [0.15, 0.2) is 23.0 Å². The van der Waals surface area contributed by atoms with Crippen LogP contribution in [0.1, 0.15) is 13.8 Å². The second-order valence-corrected chi connectivity index (χ2v) is 4.79. The summed E-state index contributed by atoms with van der Waals surface area (Å²) in [5.41, 5.74) is 0.323. The third kappa shape index (κ3) is 1.78. The monoisotopic (exact) mass is 238 g/mol. The first-order chi connectivity index (χ1) is 7.54. The van der Waals surface area contributed by atoms with Gasteiger partial charge in [0.1, 0.15) is 17.6 Å². The Kier molecular flexibility index (Phi) is 2.63. The maximum Gasteiger partial charge on any atom is 0.147 e. The second-order valence-electron chi connectivity index (χ2n) is 4.05. The molecule has 0 N–H and O–H groups in total. The highest BCUT2D eigenvalue weighted by Gasteiger charge is 2.20. The summed E-state index contributed by atoms with van der Waals surface area (Å²) in [6, 6.07) is 1.70. The molecule has 3 nitrogen and oxygen atoms in total. The molecule has 0 aliphatic carbocycles. The number of rotatable bonds is 3. The molecular formula is C11H11FN2OS. The van der Waals surface area contributed by atoms with Gasteiger partial charge in [0.05, 0.1) is 5.69 Å². The lowest BCUT2D eigenvalue weighted by molar-refractivity contribution is -0.114. The molecule has 84 valence electrons. The Morgan fingerprint density at radius 1 is 1.50 bits per heavy atom. The zero-order valence-electron chi connectivity index (χ0n) is 8.98. The van der Waals surface area contributed by atoms with Gasteiger partial charge >= 0.3 is 0 Å². The summed E-state index contributed by atoms with van der Waals surface area (Å²) in [6.07, 6.45) is 2.49. The minimum atomic E-state index is -0.704. The SMILES string of the molecule is CC(C)(C=O)n1ccc(-c2cscc2F)n1. The van der Waals surface area contributed by atoms with E-state index in [1.165, 1.54) is 21.4 Å². The van der Waals surface area contributed by atoms with Gasteiger partial charge in [-0.1, -0.05) is 0 Å². The first-order valence-electron chi connectivity index (χ1n) is 4.79. The van der Waals surface area contributed by atoms with E-state index in [0.29, 0.717) is 11.3 Å². The van der Waals surface area contributed by atoms with Gasteiger partial charge in [-0.15, -0.1) is 11.3 Å². The van der Waals surface area contributed by atoms with Gasteiger partial charge in [-0.05, 0) is 19.9 Å². The van der Waals surface area contributed by atoms with E-state index >= 15 is 0 Å². The minimum Gasteiger partial charge on any atom is -0.301 e. The van der Waals surface area contributed by atoms with Crippen molar-refractivity contribution >= 4 is 17.6 Å². The molecule has 0 radical (unpaired) electrons. The summed E-state index contributed by atoms with van der Waals surface area (Å²) in [7, 11) is 0. The number of carbonyl (C=O) groups is 1. The highest BCUT2D eigenvalue weighted by atomic mass is 32.1. The van der Waals surface area contributed by atoms with Gasteiger partial charge in [-0.25, -0.2) is 4.39 Å². The predicted octanol–water partition coefficient (Wildman–Crippen LogP) is 2.68. The molecule has 2 aromatic heterocycles. The average Bonchev–Trinajstić information content (AvgIpc) is 2.85. The Balaban J connectivity index is 2.41. The zero-order valence-corrected chi connectivity index (χ0v) is 9.79. The fourth-order valence-corrected chi connectivity index (χ4v) is 1.99. The van der Waals surface area contributed by atoms with Crippen LogP contribution in [0.5, 0.6) is 0 Å². The lowest BCUT2D eigenvalue weighted by Crippen LogP contribution is -2.28. The molecule has 0 atom stereocenters. The van der Waals surface area contributed by atoms with Crippen molar-refractivity contribution in [2.75, 3.05) is 0 Å². The van der Waals surface area contributed by atoms with E-state index in [1.54, 1.807) is 31.5 Å². The quantitative estimate of drug-likeness (QED) is 0.770. The molecule has 0 aliphatic heterocycles. The van der Waals surface area contributed by atoms with Crippen molar-refractivity contribution in [2.45, 2.75) is 19.4 Å². The predicted molar refractivity (Wildman–Crippen MR) is 60.9 cm³/mol. The number of hydrogen-bond donors (Lipinski definition) is 0. The maximum absolute atomic E-state index is 13.3. The molecule has 2 heterocycles. The molecule has 0 aromatic carbocycles. The number of carbonyl (C=O) groups excluding carboxylic acids is 1. The van der Waals surface area contributed by atoms with E-state index in [9.17, 15) is 9.18 Å². The van der Waals surface area contributed by atoms with Crippen molar-refractivity contribution in [3.63, 3.8) is 0 Å². The van der Waals surface area contributed by atoms with E-state index in [2.05, 4.69) is 5.10 Å². The van der Waals surface area contributed by atoms with Crippen LogP contribution in [0.3, 0.4) is 0 Å². The fraction of sp³-hybridized carbons (Fsp3) is 0.273. The summed E-state index contributed by atoms with van der Waals surface area (Å²) in [5, 5.41) is 7.34.